The van der Waals surface area contributed by atoms with Crippen molar-refractivity contribution in [2.75, 3.05) is 26.0 Å². The fourth-order valence-corrected chi connectivity index (χ4v) is 1.16. The maximum absolute atomic E-state index is 11.4. The van der Waals surface area contributed by atoms with Crippen LogP contribution in [0, 0.1) is 0 Å². The number of rotatable bonds is 4. The highest BCUT2D eigenvalue weighted by molar-refractivity contribution is 6.33. The summed E-state index contributed by atoms with van der Waals surface area (Å²) in [5, 5.41) is 3.21. The Kier molecular flexibility index (Phi) is 4.52. The van der Waals surface area contributed by atoms with Gasteiger partial charge in [-0.15, -0.1) is 0 Å². The molecule has 1 amide bonds. The van der Waals surface area contributed by atoms with Gasteiger partial charge in [-0.25, -0.2) is 0 Å². The molecule has 0 saturated carbocycles. The Bertz CT molecular complexity index is 341. The van der Waals surface area contributed by atoms with Crippen LogP contribution in [-0.2, 0) is 4.79 Å². The van der Waals surface area contributed by atoms with Gasteiger partial charge in [0.15, 0.2) is 0 Å². The summed E-state index contributed by atoms with van der Waals surface area (Å²) in [6.45, 7) is 0.712. The van der Waals surface area contributed by atoms with Crippen LogP contribution in [0.2, 0.25) is 5.02 Å². The maximum Gasteiger partial charge on any atom is 0.225 e. The number of aromatic nitrogens is 1. The number of carbonyl (C=O) groups excluding carboxylic acids is 1. The summed E-state index contributed by atoms with van der Waals surface area (Å²) in [7, 11) is 3.84. The van der Waals surface area contributed by atoms with E-state index in [4.69, 9.17) is 11.6 Å². The predicted molar refractivity (Wildman–Crippen MR) is 61.0 cm³/mol. The summed E-state index contributed by atoms with van der Waals surface area (Å²) in [6, 6.07) is 1.64. The Balaban J connectivity index is 2.48. The van der Waals surface area contributed by atoms with Crippen LogP contribution in [0.3, 0.4) is 0 Å². The van der Waals surface area contributed by atoms with Crippen molar-refractivity contribution in [2.45, 2.75) is 6.42 Å². The first-order valence-electron chi connectivity index (χ1n) is 4.63. The zero-order chi connectivity index (χ0) is 11.3. The van der Waals surface area contributed by atoms with E-state index in [0.717, 1.165) is 0 Å². The minimum Gasteiger partial charge on any atom is -0.323 e. The summed E-state index contributed by atoms with van der Waals surface area (Å²) >= 11 is 5.87. The second kappa shape index (κ2) is 5.68. The Labute approximate surface area is 94.3 Å². The summed E-state index contributed by atoms with van der Waals surface area (Å²) in [5.41, 5.74) is 0.558. The lowest BCUT2D eigenvalue weighted by molar-refractivity contribution is -0.116. The molecule has 1 rings (SSSR count). The zero-order valence-corrected chi connectivity index (χ0v) is 9.58. The number of carbonyl (C=O) groups is 1. The quantitative estimate of drug-likeness (QED) is 0.851. The molecule has 0 fully saturated rings. The summed E-state index contributed by atoms with van der Waals surface area (Å²) < 4.78 is 0. The standard InChI is InChI=1S/C10H14ClN3O/c1-14(2)6-4-10(15)13-9-7-12-5-3-8(9)11/h3,5,7H,4,6H2,1-2H3,(H,13,15). The molecule has 0 bridgehead atoms. The van der Waals surface area contributed by atoms with Gasteiger partial charge >= 0.3 is 0 Å². The van der Waals surface area contributed by atoms with Crippen molar-refractivity contribution in [2.24, 2.45) is 0 Å². The highest BCUT2D eigenvalue weighted by atomic mass is 35.5. The van der Waals surface area contributed by atoms with Gasteiger partial charge in [-0.2, -0.15) is 0 Å². The molecule has 5 heteroatoms. The molecule has 0 aromatic carbocycles. The number of hydrogen-bond donors (Lipinski definition) is 1. The van der Waals surface area contributed by atoms with Gasteiger partial charge in [0.2, 0.25) is 5.91 Å². The topological polar surface area (TPSA) is 45.2 Å². The first-order valence-corrected chi connectivity index (χ1v) is 5.01. The van der Waals surface area contributed by atoms with Crippen LogP contribution in [-0.4, -0.2) is 36.4 Å². The van der Waals surface area contributed by atoms with Crippen LogP contribution in [0.25, 0.3) is 0 Å². The number of amides is 1. The van der Waals surface area contributed by atoms with Gasteiger partial charge in [0.25, 0.3) is 0 Å². The van der Waals surface area contributed by atoms with Crippen LogP contribution in [0.1, 0.15) is 6.42 Å². The van der Waals surface area contributed by atoms with Crippen molar-refractivity contribution in [1.29, 1.82) is 0 Å². The molecule has 0 aliphatic rings. The van der Waals surface area contributed by atoms with Crippen molar-refractivity contribution >= 4 is 23.2 Å². The molecule has 0 unspecified atom stereocenters. The normalized spacial score (nSPS) is 10.4. The van der Waals surface area contributed by atoms with E-state index in [9.17, 15) is 4.79 Å². The average molecular weight is 228 g/mol. The monoisotopic (exact) mass is 227 g/mol. The molecule has 0 aliphatic carbocycles. The largest absolute Gasteiger partial charge is 0.323 e. The SMILES string of the molecule is CN(C)CCC(=O)Nc1cnccc1Cl. The lowest BCUT2D eigenvalue weighted by Gasteiger charge is -2.09. The van der Waals surface area contributed by atoms with Crippen LogP contribution in [0.4, 0.5) is 5.69 Å². The third-order valence-electron chi connectivity index (χ3n) is 1.83. The Morgan fingerprint density at radius 1 is 1.60 bits per heavy atom. The van der Waals surface area contributed by atoms with E-state index in [-0.39, 0.29) is 5.91 Å². The maximum atomic E-state index is 11.4. The molecule has 15 heavy (non-hydrogen) atoms. The molecular formula is C10H14ClN3O. The highest BCUT2D eigenvalue weighted by Gasteiger charge is 2.05. The van der Waals surface area contributed by atoms with Gasteiger partial charge in [0.1, 0.15) is 0 Å². The van der Waals surface area contributed by atoms with E-state index >= 15 is 0 Å². The van der Waals surface area contributed by atoms with Crippen molar-refractivity contribution in [1.82, 2.24) is 9.88 Å². The fourth-order valence-electron chi connectivity index (χ4n) is 1.01. The molecule has 0 spiro atoms. The number of nitrogens with one attached hydrogen (secondary N) is 1. The van der Waals surface area contributed by atoms with E-state index in [0.29, 0.717) is 23.7 Å². The fraction of sp³-hybridized carbons (Fsp3) is 0.400. The molecule has 1 heterocycles. The van der Waals surface area contributed by atoms with Crippen LogP contribution < -0.4 is 5.32 Å². The van der Waals surface area contributed by atoms with E-state index in [1.54, 1.807) is 12.3 Å². The number of hydrogen-bond acceptors (Lipinski definition) is 3. The number of pyridine rings is 1. The molecule has 82 valence electrons. The van der Waals surface area contributed by atoms with Crippen LogP contribution in [0.5, 0.6) is 0 Å². The summed E-state index contributed by atoms with van der Waals surface area (Å²) in [4.78, 5) is 17.3. The molecule has 1 aromatic heterocycles. The lowest BCUT2D eigenvalue weighted by atomic mass is 10.3. The van der Waals surface area contributed by atoms with Gasteiger partial charge in [-0.3, -0.25) is 9.78 Å². The number of anilines is 1. The van der Waals surface area contributed by atoms with Crippen molar-refractivity contribution in [3.63, 3.8) is 0 Å². The first kappa shape index (κ1) is 11.9. The summed E-state index contributed by atoms with van der Waals surface area (Å²) in [6.07, 6.45) is 3.56. The second-order valence-corrected chi connectivity index (χ2v) is 3.86. The van der Waals surface area contributed by atoms with E-state index in [1.165, 1.54) is 6.20 Å². The molecule has 0 radical (unpaired) electrons. The van der Waals surface area contributed by atoms with Gasteiger partial charge in [-0.05, 0) is 20.2 Å². The average Bonchev–Trinajstić information content (AvgIpc) is 2.18. The van der Waals surface area contributed by atoms with Crippen LogP contribution in [0.15, 0.2) is 18.5 Å². The molecule has 0 saturated heterocycles. The van der Waals surface area contributed by atoms with Crippen molar-refractivity contribution in [3.8, 4) is 0 Å². The van der Waals surface area contributed by atoms with E-state index < -0.39 is 0 Å². The summed E-state index contributed by atoms with van der Waals surface area (Å²) in [5.74, 6) is -0.0569. The molecule has 4 nitrogen and oxygen atoms in total. The van der Waals surface area contributed by atoms with E-state index in [2.05, 4.69) is 10.3 Å². The minimum atomic E-state index is -0.0569. The Hall–Kier alpha value is -1.13. The van der Waals surface area contributed by atoms with Gasteiger partial charge in [0, 0.05) is 19.2 Å². The van der Waals surface area contributed by atoms with Gasteiger partial charge in [-0.1, -0.05) is 11.6 Å². The van der Waals surface area contributed by atoms with E-state index in [1.807, 2.05) is 19.0 Å². The molecule has 1 N–H and O–H groups in total. The third kappa shape index (κ3) is 4.27. The lowest BCUT2D eigenvalue weighted by Crippen LogP contribution is -2.20. The zero-order valence-electron chi connectivity index (χ0n) is 8.83. The number of nitrogens with zero attached hydrogens (tertiary/aromatic N) is 2. The van der Waals surface area contributed by atoms with Crippen molar-refractivity contribution in [3.05, 3.63) is 23.5 Å². The smallest absolute Gasteiger partial charge is 0.225 e. The van der Waals surface area contributed by atoms with Gasteiger partial charge < -0.3 is 10.2 Å². The van der Waals surface area contributed by atoms with Gasteiger partial charge in [0.05, 0.1) is 16.9 Å². The highest BCUT2D eigenvalue weighted by Crippen LogP contribution is 2.18. The molecule has 0 aliphatic heterocycles. The third-order valence-corrected chi connectivity index (χ3v) is 2.16. The molecule has 0 atom stereocenters. The predicted octanol–water partition coefficient (Wildman–Crippen LogP) is 1.63. The molecular weight excluding hydrogens is 214 g/mol. The van der Waals surface area contributed by atoms with Crippen molar-refractivity contribution < 1.29 is 4.79 Å². The Morgan fingerprint density at radius 2 is 2.33 bits per heavy atom. The Morgan fingerprint density at radius 3 is 2.93 bits per heavy atom. The molecule has 1 aromatic rings. The number of halogens is 1. The second-order valence-electron chi connectivity index (χ2n) is 3.46. The minimum absolute atomic E-state index is 0.0569. The first-order chi connectivity index (χ1) is 7.09. The van der Waals surface area contributed by atoms with Crippen LogP contribution >= 0.6 is 11.6 Å².